The number of rotatable bonds is 7. The van der Waals surface area contributed by atoms with E-state index in [1.807, 2.05) is 32.0 Å². The standard InChI is InChI=1S/C15H21BrClNO/c1-10(4-3-5-11(2)18)15(19)8-12-6-7-13(16)9-14(12)17/h6-7,9-11H,3-5,8,18H2,1-2H3. The van der Waals surface area contributed by atoms with Gasteiger partial charge in [-0.05, 0) is 37.5 Å². The highest BCUT2D eigenvalue weighted by Gasteiger charge is 2.15. The van der Waals surface area contributed by atoms with E-state index in [4.69, 9.17) is 17.3 Å². The van der Waals surface area contributed by atoms with Gasteiger partial charge in [0, 0.05) is 27.9 Å². The molecule has 19 heavy (non-hydrogen) atoms. The lowest BCUT2D eigenvalue weighted by atomic mass is 9.94. The first-order valence-corrected chi connectivity index (χ1v) is 7.79. The van der Waals surface area contributed by atoms with Gasteiger partial charge in [0.1, 0.15) is 5.78 Å². The Hall–Kier alpha value is -0.380. The third-order valence-corrected chi connectivity index (χ3v) is 4.07. The number of benzene rings is 1. The van der Waals surface area contributed by atoms with Crippen molar-refractivity contribution >= 4 is 33.3 Å². The molecule has 2 nitrogen and oxygen atoms in total. The van der Waals surface area contributed by atoms with Gasteiger partial charge in [0.15, 0.2) is 0 Å². The molecule has 4 heteroatoms. The van der Waals surface area contributed by atoms with Crippen LogP contribution in [0.2, 0.25) is 5.02 Å². The summed E-state index contributed by atoms with van der Waals surface area (Å²) >= 11 is 9.48. The average Bonchev–Trinajstić information content (AvgIpc) is 2.32. The molecule has 1 aromatic rings. The summed E-state index contributed by atoms with van der Waals surface area (Å²) in [6.07, 6.45) is 3.27. The Morgan fingerprint density at radius 1 is 1.37 bits per heavy atom. The van der Waals surface area contributed by atoms with Gasteiger partial charge in [0.25, 0.3) is 0 Å². The van der Waals surface area contributed by atoms with Crippen LogP contribution in [0.5, 0.6) is 0 Å². The van der Waals surface area contributed by atoms with Gasteiger partial charge in [-0.15, -0.1) is 0 Å². The fourth-order valence-corrected chi connectivity index (χ4v) is 2.67. The lowest BCUT2D eigenvalue weighted by Crippen LogP contribution is -2.17. The molecule has 1 aromatic carbocycles. The van der Waals surface area contributed by atoms with Gasteiger partial charge in [-0.1, -0.05) is 46.9 Å². The first kappa shape index (κ1) is 16.7. The molecule has 0 spiro atoms. The van der Waals surface area contributed by atoms with Crippen LogP contribution in [0.15, 0.2) is 22.7 Å². The monoisotopic (exact) mass is 345 g/mol. The fourth-order valence-electron chi connectivity index (χ4n) is 1.93. The van der Waals surface area contributed by atoms with Gasteiger partial charge in [0.2, 0.25) is 0 Å². The van der Waals surface area contributed by atoms with Gasteiger partial charge in [0.05, 0.1) is 0 Å². The molecular weight excluding hydrogens is 326 g/mol. The van der Waals surface area contributed by atoms with E-state index in [1.165, 1.54) is 0 Å². The van der Waals surface area contributed by atoms with Crippen molar-refractivity contribution in [2.24, 2.45) is 11.7 Å². The molecule has 0 aliphatic carbocycles. The fraction of sp³-hybridized carbons (Fsp3) is 0.533. The molecular formula is C15H21BrClNO. The van der Waals surface area contributed by atoms with Crippen LogP contribution < -0.4 is 5.73 Å². The number of halogens is 2. The maximum absolute atomic E-state index is 12.1. The Balaban J connectivity index is 2.49. The smallest absolute Gasteiger partial charge is 0.140 e. The third kappa shape index (κ3) is 6.07. The Morgan fingerprint density at radius 2 is 2.05 bits per heavy atom. The maximum Gasteiger partial charge on any atom is 0.140 e. The summed E-state index contributed by atoms with van der Waals surface area (Å²) in [5.41, 5.74) is 6.60. The van der Waals surface area contributed by atoms with Crippen molar-refractivity contribution < 1.29 is 4.79 Å². The predicted octanol–water partition coefficient (Wildman–Crippen LogP) is 4.37. The molecule has 0 aliphatic rings. The summed E-state index contributed by atoms with van der Waals surface area (Å²) in [7, 11) is 0. The third-order valence-electron chi connectivity index (χ3n) is 3.23. The Kier molecular flexibility index (Phi) is 7.05. The van der Waals surface area contributed by atoms with E-state index in [0.29, 0.717) is 11.4 Å². The predicted molar refractivity (Wildman–Crippen MR) is 84.5 cm³/mol. The first-order valence-electron chi connectivity index (χ1n) is 6.62. The molecule has 2 atom stereocenters. The SMILES string of the molecule is CC(N)CCCC(C)C(=O)Cc1ccc(Br)cc1Cl. The minimum absolute atomic E-state index is 0.0680. The first-order chi connectivity index (χ1) is 8.90. The lowest BCUT2D eigenvalue weighted by molar-refractivity contribution is -0.121. The lowest BCUT2D eigenvalue weighted by Gasteiger charge is -2.12. The Labute approximate surface area is 128 Å². The molecule has 0 radical (unpaired) electrons. The highest BCUT2D eigenvalue weighted by Crippen LogP contribution is 2.23. The van der Waals surface area contributed by atoms with Crippen LogP contribution in [0.3, 0.4) is 0 Å². The second-order valence-electron chi connectivity index (χ2n) is 5.19. The van der Waals surface area contributed by atoms with Crippen LogP contribution >= 0.6 is 27.5 Å². The van der Waals surface area contributed by atoms with Crippen molar-refractivity contribution in [2.75, 3.05) is 0 Å². The van der Waals surface area contributed by atoms with Crippen molar-refractivity contribution in [3.63, 3.8) is 0 Å². The van der Waals surface area contributed by atoms with Crippen molar-refractivity contribution in [3.05, 3.63) is 33.3 Å². The highest BCUT2D eigenvalue weighted by atomic mass is 79.9. The number of hydrogen-bond donors (Lipinski definition) is 1. The van der Waals surface area contributed by atoms with Crippen molar-refractivity contribution in [1.29, 1.82) is 0 Å². The molecule has 1 rings (SSSR count). The van der Waals surface area contributed by atoms with E-state index in [2.05, 4.69) is 15.9 Å². The van der Waals surface area contributed by atoms with Crippen LogP contribution in [-0.4, -0.2) is 11.8 Å². The van der Waals surface area contributed by atoms with Crippen LogP contribution in [0.4, 0.5) is 0 Å². The number of Topliss-reactive ketones (excluding diaryl/α,β-unsaturated/α-hetero) is 1. The second kappa shape index (κ2) is 8.03. The minimum Gasteiger partial charge on any atom is -0.328 e. The van der Waals surface area contributed by atoms with Crippen LogP contribution in [-0.2, 0) is 11.2 Å². The summed E-state index contributed by atoms with van der Waals surface area (Å²) in [5.74, 6) is 0.312. The van der Waals surface area contributed by atoms with Gasteiger partial charge in [-0.25, -0.2) is 0 Å². The number of nitrogens with two attached hydrogens (primary N) is 1. The molecule has 0 aliphatic heterocycles. The molecule has 0 saturated heterocycles. The number of carbonyl (C=O) groups is 1. The van der Waals surface area contributed by atoms with E-state index < -0.39 is 0 Å². The van der Waals surface area contributed by atoms with E-state index >= 15 is 0 Å². The quantitative estimate of drug-likeness (QED) is 0.796. The Bertz CT molecular complexity index is 434. The van der Waals surface area contributed by atoms with Crippen molar-refractivity contribution in [3.8, 4) is 0 Å². The summed E-state index contributed by atoms with van der Waals surface area (Å²) in [6, 6.07) is 5.85. The van der Waals surface area contributed by atoms with Crippen molar-refractivity contribution in [1.82, 2.24) is 0 Å². The molecule has 2 N–H and O–H groups in total. The number of carbonyl (C=O) groups excluding carboxylic acids is 1. The average molecular weight is 347 g/mol. The van der Waals surface area contributed by atoms with Crippen LogP contribution in [0.25, 0.3) is 0 Å². The van der Waals surface area contributed by atoms with Gasteiger partial charge >= 0.3 is 0 Å². The molecule has 0 heterocycles. The van der Waals surface area contributed by atoms with Crippen LogP contribution in [0.1, 0.15) is 38.7 Å². The second-order valence-corrected chi connectivity index (χ2v) is 6.51. The molecule has 2 unspecified atom stereocenters. The molecule has 0 aromatic heterocycles. The van der Waals surface area contributed by atoms with E-state index in [0.717, 1.165) is 29.3 Å². The van der Waals surface area contributed by atoms with E-state index in [9.17, 15) is 4.79 Å². The van der Waals surface area contributed by atoms with Gasteiger partial charge in [-0.2, -0.15) is 0 Å². The minimum atomic E-state index is 0.0680. The topological polar surface area (TPSA) is 43.1 Å². The van der Waals surface area contributed by atoms with Gasteiger partial charge < -0.3 is 5.73 Å². The van der Waals surface area contributed by atoms with Gasteiger partial charge in [-0.3, -0.25) is 4.79 Å². The Morgan fingerprint density at radius 3 is 2.63 bits per heavy atom. The van der Waals surface area contributed by atoms with E-state index in [-0.39, 0.29) is 17.7 Å². The zero-order valence-corrected chi connectivity index (χ0v) is 13.8. The summed E-state index contributed by atoms with van der Waals surface area (Å²) in [5, 5.41) is 0.644. The normalized spacial score (nSPS) is 14.2. The highest BCUT2D eigenvalue weighted by molar-refractivity contribution is 9.10. The zero-order valence-electron chi connectivity index (χ0n) is 11.5. The molecule has 0 saturated carbocycles. The summed E-state index contributed by atoms with van der Waals surface area (Å²) in [6.45, 7) is 3.98. The number of hydrogen-bond acceptors (Lipinski definition) is 2. The zero-order chi connectivity index (χ0) is 14.4. The molecule has 0 bridgehead atoms. The molecule has 0 amide bonds. The molecule has 0 fully saturated rings. The summed E-state index contributed by atoms with van der Waals surface area (Å²) in [4.78, 5) is 12.1. The largest absolute Gasteiger partial charge is 0.328 e. The summed E-state index contributed by atoms with van der Waals surface area (Å²) < 4.78 is 0.929. The number of ketones is 1. The van der Waals surface area contributed by atoms with Crippen molar-refractivity contribution in [2.45, 2.75) is 45.6 Å². The van der Waals surface area contributed by atoms with Crippen LogP contribution in [0, 0.1) is 5.92 Å². The molecule has 106 valence electrons. The maximum atomic E-state index is 12.1. The van der Waals surface area contributed by atoms with E-state index in [1.54, 1.807) is 0 Å².